The molecule has 0 saturated heterocycles. The highest BCUT2D eigenvalue weighted by atomic mass is 32.2. The van der Waals surface area contributed by atoms with Gasteiger partial charge in [0.25, 0.3) is 0 Å². The summed E-state index contributed by atoms with van der Waals surface area (Å²) in [7, 11) is 0. The molecule has 0 aliphatic heterocycles. The maximum atomic E-state index is 12.8. The zero-order chi connectivity index (χ0) is 21.0. The molecule has 0 radical (unpaired) electrons. The molecule has 2 aromatic rings. The minimum Gasteiger partial charge on any atom is -0.443 e. The van der Waals surface area contributed by atoms with Crippen molar-refractivity contribution in [3.05, 3.63) is 66.2 Å². The predicted molar refractivity (Wildman–Crippen MR) is 117 cm³/mol. The maximum Gasteiger partial charge on any atom is 0.420 e. The molecule has 1 amide bonds. The van der Waals surface area contributed by atoms with Crippen molar-refractivity contribution in [3.8, 4) is 0 Å². The largest absolute Gasteiger partial charge is 0.443 e. The molecule has 0 bridgehead atoms. The van der Waals surface area contributed by atoms with Gasteiger partial charge in [-0.1, -0.05) is 62.4 Å². The van der Waals surface area contributed by atoms with Crippen LogP contribution in [0.3, 0.4) is 0 Å². The van der Waals surface area contributed by atoms with Gasteiger partial charge in [0.2, 0.25) is 0 Å². The van der Waals surface area contributed by atoms with Crippen LogP contribution in [0, 0.1) is 0 Å². The van der Waals surface area contributed by atoms with Gasteiger partial charge in [-0.25, -0.2) is 9.10 Å². The van der Waals surface area contributed by atoms with Crippen LogP contribution in [0.5, 0.6) is 0 Å². The van der Waals surface area contributed by atoms with Gasteiger partial charge < -0.3 is 9.84 Å². The van der Waals surface area contributed by atoms with E-state index >= 15 is 0 Å². The summed E-state index contributed by atoms with van der Waals surface area (Å²) in [6, 6.07) is 19.7. The van der Waals surface area contributed by atoms with E-state index in [1.165, 1.54) is 11.9 Å². The lowest BCUT2D eigenvalue weighted by Crippen LogP contribution is -2.35. The van der Waals surface area contributed by atoms with Gasteiger partial charge in [-0.3, -0.25) is 0 Å². The molecule has 2 rings (SSSR count). The Labute approximate surface area is 174 Å². The van der Waals surface area contributed by atoms with E-state index in [-0.39, 0.29) is 18.6 Å². The molecule has 1 N–H and O–H groups in total. The molecule has 0 spiro atoms. The molecule has 2 aromatic carbocycles. The second kappa shape index (κ2) is 12.5. The Bertz CT molecular complexity index is 671. The number of amides is 1. The fourth-order valence-corrected chi connectivity index (χ4v) is 3.41. The van der Waals surface area contributed by atoms with Crippen molar-refractivity contribution >= 4 is 18.0 Å². The van der Waals surface area contributed by atoms with Crippen molar-refractivity contribution in [1.29, 1.82) is 0 Å². The summed E-state index contributed by atoms with van der Waals surface area (Å²) in [6.45, 7) is 10.1. The van der Waals surface area contributed by atoms with Gasteiger partial charge in [0.05, 0.1) is 0 Å². The number of ether oxygens (including phenoxy) is 1. The van der Waals surface area contributed by atoms with Crippen molar-refractivity contribution in [1.82, 2.24) is 4.31 Å². The number of aliphatic hydroxyl groups excluding tert-OH is 1. The van der Waals surface area contributed by atoms with E-state index in [1.54, 1.807) is 4.31 Å². The fraction of sp³-hybridized carbons (Fsp3) is 0.435. The fourth-order valence-electron chi connectivity index (χ4n) is 2.52. The first-order valence-electron chi connectivity index (χ1n) is 9.78. The molecule has 4 nitrogen and oxygen atoms in total. The average molecular weight is 404 g/mol. The normalized spacial score (nSPS) is 11.8. The zero-order valence-electron chi connectivity index (χ0n) is 17.6. The SMILES string of the molecule is CC.CC(C)(C)OC(=O)N(CC(CCO)c1ccccc1)Sc1ccccc1. The van der Waals surface area contributed by atoms with Crippen LogP contribution < -0.4 is 0 Å². The van der Waals surface area contributed by atoms with Crippen LogP contribution in [0.1, 0.15) is 52.5 Å². The molecule has 1 atom stereocenters. The Hall–Kier alpha value is -1.98. The molecule has 0 aromatic heterocycles. The van der Waals surface area contributed by atoms with Gasteiger partial charge in [-0.05, 0) is 56.8 Å². The van der Waals surface area contributed by atoms with Crippen LogP contribution in [-0.4, -0.2) is 34.3 Å². The second-order valence-electron chi connectivity index (χ2n) is 7.07. The third-order valence-electron chi connectivity index (χ3n) is 3.69. The molecule has 1 unspecified atom stereocenters. The van der Waals surface area contributed by atoms with Gasteiger partial charge in [0, 0.05) is 24.0 Å². The van der Waals surface area contributed by atoms with Crippen molar-refractivity contribution in [2.45, 2.75) is 57.5 Å². The average Bonchev–Trinajstić information content (AvgIpc) is 2.68. The summed E-state index contributed by atoms with van der Waals surface area (Å²) < 4.78 is 7.24. The number of nitrogens with zero attached hydrogens (tertiary/aromatic N) is 1. The highest BCUT2D eigenvalue weighted by Gasteiger charge is 2.26. The summed E-state index contributed by atoms with van der Waals surface area (Å²) in [4.78, 5) is 13.7. The highest BCUT2D eigenvalue weighted by Crippen LogP contribution is 2.29. The summed E-state index contributed by atoms with van der Waals surface area (Å²) in [5, 5.41) is 9.48. The number of benzene rings is 2. The van der Waals surface area contributed by atoms with Gasteiger partial charge in [0.15, 0.2) is 0 Å². The third-order valence-corrected chi connectivity index (χ3v) is 4.69. The molecular formula is C23H33NO3S. The lowest BCUT2D eigenvalue weighted by Gasteiger charge is -2.29. The number of hydrogen-bond donors (Lipinski definition) is 1. The monoisotopic (exact) mass is 403 g/mol. The first kappa shape index (κ1) is 24.1. The Morgan fingerprint density at radius 3 is 2.07 bits per heavy atom. The minimum absolute atomic E-state index is 0.0323. The zero-order valence-corrected chi connectivity index (χ0v) is 18.4. The van der Waals surface area contributed by atoms with Crippen LogP contribution in [0.15, 0.2) is 65.6 Å². The minimum atomic E-state index is -0.564. The van der Waals surface area contributed by atoms with E-state index in [9.17, 15) is 9.90 Å². The molecule has 154 valence electrons. The first-order valence-corrected chi connectivity index (χ1v) is 10.6. The van der Waals surface area contributed by atoms with E-state index in [4.69, 9.17) is 4.74 Å². The molecule has 0 heterocycles. The molecule has 0 aliphatic rings. The van der Waals surface area contributed by atoms with Crippen LogP contribution in [0.4, 0.5) is 4.79 Å². The van der Waals surface area contributed by atoms with E-state index < -0.39 is 5.60 Å². The van der Waals surface area contributed by atoms with Crippen molar-refractivity contribution < 1.29 is 14.6 Å². The standard InChI is InChI=1S/C21H27NO3S.C2H6/c1-21(2,3)25-20(24)22(26-19-12-8-5-9-13-19)16-18(14-15-23)17-10-6-4-7-11-17;1-2/h4-13,18,23H,14-16H2,1-3H3;1-2H3. The predicted octanol–water partition coefficient (Wildman–Crippen LogP) is 6.12. The molecule has 0 fully saturated rings. The lowest BCUT2D eigenvalue weighted by molar-refractivity contribution is 0.0395. The molecule has 0 saturated carbocycles. The summed E-state index contributed by atoms with van der Waals surface area (Å²) in [5.74, 6) is 0.0323. The van der Waals surface area contributed by atoms with E-state index in [2.05, 4.69) is 0 Å². The number of hydrogen-bond acceptors (Lipinski definition) is 4. The van der Waals surface area contributed by atoms with Crippen LogP contribution in [0.25, 0.3) is 0 Å². The number of rotatable bonds is 7. The van der Waals surface area contributed by atoms with Gasteiger partial charge in [-0.2, -0.15) is 0 Å². The first-order chi connectivity index (χ1) is 13.4. The van der Waals surface area contributed by atoms with Crippen molar-refractivity contribution in [2.75, 3.05) is 13.2 Å². The Morgan fingerprint density at radius 2 is 1.57 bits per heavy atom. The topological polar surface area (TPSA) is 49.8 Å². The van der Waals surface area contributed by atoms with E-state index in [1.807, 2.05) is 95.3 Å². The van der Waals surface area contributed by atoms with Crippen molar-refractivity contribution in [3.63, 3.8) is 0 Å². The van der Waals surface area contributed by atoms with Gasteiger partial charge >= 0.3 is 6.09 Å². The molecular weight excluding hydrogens is 370 g/mol. The lowest BCUT2D eigenvalue weighted by atomic mass is 9.96. The van der Waals surface area contributed by atoms with Crippen LogP contribution in [-0.2, 0) is 4.74 Å². The van der Waals surface area contributed by atoms with Crippen molar-refractivity contribution in [2.24, 2.45) is 0 Å². The smallest absolute Gasteiger partial charge is 0.420 e. The summed E-state index contributed by atoms with van der Waals surface area (Å²) >= 11 is 1.36. The maximum absolute atomic E-state index is 12.8. The Morgan fingerprint density at radius 1 is 1.04 bits per heavy atom. The molecule has 0 aliphatic carbocycles. The van der Waals surface area contributed by atoms with E-state index in [0.29, 0.717) is 13.0 Å². The molecule has 5 heteroatoms. The molecule has 28 heavy (non-hydrogen) atoms. The van der Waals surface area contributed by atoms with Gasteiger partial charge in [-0.15, -0.1) is 0 Å². The second-order valence-corrected chi connectivity index (χ2v) is 8.16. The third kappa shape index (κ3) is 8.81. The quantitative estimate of drug-likeness (QED) is 0.566. The van der Waals surface area contributed by atoms with Crippen LogP contribution >= 0.6 is 11.9 Å². The number of aliphatic hydroxyl groups is 1. The Balaban J connectivity index is 0.00000190. The number of carbonyl (C=O) groups is 1. The van der Waals surface area contributed by atoms with Crippen LogP contribution in [0.2, 0.25) is 0 Å². The van der Waals surface area contributed by atoms with Gasteiger partial charge in [0.1, 0.15) is 5.60 Å². The Kier molecular flexibility index (Phi) is 10.7. The highest BCUT2D eigenvalue weighted by molar-refractivity contribution is 7.97. The van der Waals surface area contributed by atoms with E-state index in [0.717, 1.165) is 10.5 Å². The number of carbonyl (C=O) groups excluding carboxylic acids is 1. The summed E-state index contributed by atoms with van der Waals surface area (Å²) in [6.07, 6.45) is 0.212. The summed E-state index contributed by atoms with van der Waals surface area (Å²) in [5.41, 5.74) is 0.537.